The second kappa shape index (κ2) is 4.60. The molecule has 17 heavy (non-hydrogen) atoms. The van der Waals surface area contributed by atoms with E-state index in [0.29, 0.717) is 14.5 Å². The molecular weight excluding hydrogens is 352 g/mol. The summed E-state index contributed by atoms with van der Waals surface area (Å²) in [7, 11) is -3.68. The first-order valence-corrected chi connectivity index (χ1v) is 7.76. The van der Waals surface area contributed by atoms with Crippen molar-refractivity contribution in [3.05, 3.63) is 26.6 Å². The van der Waals surface area contributed by atoms with Gasteiger partial charge in [0.15, 0.2) is 0 Å². The van der Waals surface area contributed by atoms with Crippen molar-refractivity contribution in [3.63, 3.8) is 0 Å². The quantitative estimate of drug-likeness (QED) is 0.915. The molecule has 0 radical (unpaired) electrons. The number of hydrogen-bond acceptors (Lipinski definition) is 5. The zero-order chi connectivity index (χ0) is 12.6. The van der Waals surface area contributed by atoms with Crippen molar-refractivity contribution in [1.29, 1.82) is 0 Å². The maximum Gasteiger partial charge on any atom is 0.273 e. The lowest BCUT2D eigenvalue weighted by Crippen LogP contribution is -2.10. The van der Waals surface area contributed by atoms with Crippen molar-refractivity contribution in [2.24, 2.45) is 0 Å². The first-order valence-electron chi connectivity index (χ1n) is 4.29. The van der Waals surface area contributed by atoms with Crippen LogP contribution in [0.1, 0.15) is 5.69 Å². The zero-order valence-electron chi connectivity index (χ0n) is 8.40. The zero-order valence-corrected chi connectivity index (χ0v) is 12.4. The normalized spacial score (nSPS) is 11.7. The Morgan fingerprint density at radius 1 is 1.53 bits per heavy atom. The van der Waals surface area contributed by atoms with Crippen LogP contribution in [0.15, 0.2) is 24.7 Å². The summed E-state index contributed by atoms with van der Waals surface area (Å²) in [5.41, 5.74) is 0.591. The summed E-state index contributed by atoms with van der Waals surface area (Å²) in [5, 5.41) is 3.93. The van der Waals surface area contributed by atoms with Crippen LogP contribution >= 0.6 is 38.9 Å². The fraction of sp³-hybridized carbons (Fsp3) is 0.125. The van der Waals surface area contributed by atoms with Crippen molar-refractivity contribution in [2.45, 2.75) is 11.1 Å². The predicted molar refractivity (Wildman–Crippen MR) is 69.1 cm³/mol. The number of nitrogens with one attached hydrogen (secondary N) is 1. The molecule has 2 heterocycles. The predicted octanol–water partition coefficient (Wildman–Crippen LogP) is 3.26. The van der Waals surface area contributed by atoms with Crippen molar-refractivity contribution in [1.82, 2.24) is 5.16 Å². The molecule has 0 aliphatic carbocycles. The molecule has 0 unspecified atom stereocenters. The van der Waals surface area contributed by atoms with Crippen LogP contribution < -0.4 is 4.72 Å². The fourth-order valence-electron chi connectivity index (χ4n) is 1.05. The molecule has 0 aromatic carbocycles. The molecule has 0 amide bonds. The lowest BCUT2D eigenvalue weighted by molar-refractivity contribution is 0.430. The van der Waals surface area contributed by atoms with Crippen LogP contribution in [0.25, 0.3) is 0 Å². The van der Waals surface area contributed by atoms with E-state index in [4.69, 9.17) is 16.1 Å². The molecular formula is C8H6BrClN2O3S2. The minimum Gasteiger partial charge on any atom is -0.338 e. The van der Waals surface area contributed by atoms with Gasteiger partial charge >= 0.3 is 0 Å². The Balaban J connectivity index is 2.31. The van der Waals surface area contributed by atoms with Crippen molar-refractivity contribution < 1.29 is 12.9 Å². The monoisotopic (exact) mass is 356 g/mol. The van der Waals surface area contributed by atoms with Crippen LogP contribution in [-0.2, 0) is 10.0 Å². The third-order valence-electron chi connectivity index (χ3n) is 1.75. The molecule has 92 valence electrons. The minimum atomic E-state index is -3.68. The third-order valence-corrected chi connectivity index (χ3v) is 6.05. The molecule has 0 saturated carbocycles. The van der Waals surface area contributed by atoms with E-state index in [1.165, 1.54) is 12.1 Å². The molecule has 9 heteroatoms. The van der Waals surface area contributed by atoms with E-state index < -0.39 is 10.0 Å². The highest BCUT2D eigenvalue weighted by Gasteiger charge is 2.20. The standard InChI is InChI=1S/C8H6BrClN2O3S2/c1-4-2-6(15-11-4)12-17(13,14)7-3-5(10)8(9)16-7/h2-3,12H,1H3. The average Bonchev–Trinajstić information content (AvgIpc) is 2.75. The van der Waals surface area contributed by atoms with Gasteiger partial charge in [-0.1, -0.05) is 16.8 Å². The van der Waals surface area contributed by atoms with Crippen molar-refractivity contribution in [2.75, 3.05) is 4.72 Å². The van der Waals surface area contributed by atoms with Crippen LogP contribution in [0.3, 0.4) is 0 Å². The highest BCUT2D eigenvalue weighted by atomic mass is 79.9. The maximum atomic E-state index is 11.9. The summed E-state index contributed by atoms with van der Waals surface area (Å²) in [5.74, 6) is 0.0724. The smallest absolute Gasteiger partial charge is 0.273 e. The van der Waals surface area contributed by atoms with E-state index in [2.05, 4.69) is 25.8 Å². The number of halogens is 2. The largest absolute Gasteiger partial charge is 0.338 e. The van der Waals surface area contributed by atoms with E-state index in [9.17, 15) is 8.42 Å². The second-order valence-corrected chi connectivity index (χ2v) is 7.81. The molecule has 0 aliphatic rings. The number of rotatable bonds is 3. The topological polar surface area (TPSA) is 72.2 Å². The van der Waals surface area contributed by atoms with Crippen LogP contribution in [0.4, 0.5) is 5.88 Å². The Kier molecular flexibility index (Phi) is 3.48. The molecule has 2 aromatic rings. The summed E-state index contributed by atoms with van der Waals surface area (Å²) in [6, 6.07) is 2.85. The molecule has 0 atom stereocenters. The first-order chi connectivity index (χ1) is 7.88. The van der Waals surface area contributed by atoms with Gasteiger partial charge in [-0.25, -0.2) is 13.1 Å². The van der Waals surface area contributed by atoms with E-state index >= 15 is 0 Å². The molecule has 0 bridgehead atoms. The van der Waals surface area contributed by atoms with Crippen molar-refractivity contribution in [3.8, 4) is 0 Å². The van der Waals surface area contributed by atoms with E-state index in [-0.39, 0.29) is 10.1 Å². The molecule has 0 spiro atoms. The lowest BCUT2D eigenvalue weighted by atomic mass is 10.5. The Hall–Kier alpha value is -0.570. The molecule has 1 N–H and O–H groups in total. The number of nitrogens with zero attached hydrogens (tertiary/aromatic N) is 1. The van der Waals surface area contributed by atoms with Gasteiger partial charge in [0.05, 0.1) is 14.5 Å². The highest BCUT2D eigenvalue weighted by Crippen LogP contribution is 2.35. The van der Waals surface area contributed by atoms with Crippen molar-refractivity contribution >= 4 is 54.8 Å². The van der Waals surface area contributed by atoms with Gasteiger partial charge in [-0.3, -0.25) is 0 Å². The summed E-state index contributed by atoms with van der Waals surface area (Å²) >= 11 is 9.95. The summed E-state index contributed by atoms with van der Waals surface area (Å²) in [4.78, 5) is 0. The molecule has 0 saturated heterocycles. The van der Waals surface area contributed by atoms with Crippen LogP contribution in [-0.4, -0.2) is 13.6 Å². The maximum absolute atomic E-state index is 11.9. The third kappa shape index (κ3) is 2.82. The van der Waals surface area contributed by atoms with Crippen LogP contribution in [0, 0.1) is 6.92 Å². The Morgan fingerprint density at radius 3 is 2.71 bits per heavy atom. The minimum absolute atomic E-state index is 0.0724. The summed E-state index contributed by atoms with van der Waals surface area (Å²) in [6.07, 6.45) is 0. The molecule has 5 nitrogen and oxygen atoms in total. The van der Waals surface area contributed by atoms with E-state index in [0.717, 1.165) is 11.3 Å². The van der Waals surface area contributed by atoms with E-state index in [1.54, 1.807) is 6.92 Å². The van der Waals surface area contributed by atoms with Gasteiger partial charge in [-0.2, -0.15) is 0 Å². The second-order valence-electron chi connectivity index (χ2n) is 3.13. The molecule has 2 rings (SSSR count). The number of aryl methyl sites for hydroxylation is 1. The SMILES string of the molecule is Cc1cc(NS(=O)(=O)c2cc(Cl)c(Br)s2)on1. The number of thiophene rings is 1. The Bertz CT molecular complexity index is 630. The molecule has 0 fully saturated rings. The van der Waals surface area contributed by atoms with Gasteiger partial charge < -0.3 is 4.52 Å². The lowest BCUT2D eigenvalue weighted by Gasteiger charge is -2.00. The number of aromatic nitrogens is 1. The Labute approximate surface area is 115 Å². The summed E-state index contributed by atoms with van der Waals surface area (Å²) in [6.45, 7) is 1.69. The van der Waals surface area contributed by atoms with Gasteiger partial charge in [0, 0.05) is 6.07 Å². The van der Waals surface area contributed by atoms with Crippen LogP contribution in [0.5, 0.6) is 0 Å². The number of hydrogen-bond donors (Lipinski definition) is 1. The van der Waals surface area contributed by atoms with Gasteiger partial charge in [0.1, 0.15) is 4.21 Å². The molecule has 0 aliphatic heterocycles. The Morgan fingerprint density at radius 2 is 2.24 bits per heavy atom. The number of anilines is 1. The highest BCUT2D eigenvalue weighted by molar-refractivity contribution is 9.11. The van der Waals surface area contributed by atoms with Gasteiger partial charge in [-0.15, -0.1) is 11.3 Å². The molecule has 2 aromatic heterocycles. The van der Waals surface area contributed by atoms with Gasteiger partial charge in [-0.05, 0) is 28.9 Å². The fourth-order valence-corrected chi connectivity index (χ4v) is 4.43. The van der Waals surface area contributed by atoms with Gasteiger partial charge in [0.25, 0.3) is 10.0 Å². The van der Waals surface area contributed by atoms with E-state index in [1.807, 2.05) is 0 Å². The van der Waals surface area contributed by atoms with Gasteiger partial charge in [0.2, 0.25) is 5.88 Å². The van der Waals surface area contributed by atoms with Crippen LogP contribution in [0.2, 0.25) is 5.02 Å². The number of sulfonamides is 1. The average molecular weight is 358 g/mol. The summed E-state index contributed by atoms with van der Waals surface area (Å²) < 4.78 is 31.5. The first kappa shape index (κ1) is 12.9.